The zero-order valence-corrected chi connectivity index (χ0v) is 12.6. The van der Waals surface area contributed by atoms with Gasteiger partial charge in [-0.1, -0.05) is 30.5 Å². The maximum atomic E-state index is 12.8. The first kappa shape index (κ1) is 13.9. The van der Waals surface area contributed by atoms with Crippen molar-refractivity contribution in [2.45, 2.75) is 32.6 Å². The lowest BCUT2D eigenvalue weighted by atomic mass is 9.67. The van der Waals surface area contributed by atoms with Gasteiger partial charge in [0.05, 0.1) is 5.41 Å². The quantitative estimate of drug-likeness (QED) is 0.877. The molecule has 1 amide bonds. The molecule has 3 nitrogen and oxygen atoms in total. The molecule has 1 saturated carbocycles. The van der Waals surface area contributed by atoms with Crippen LogP contribution in [0.2, 0.25) is 5.02 Å². The Kier molecular flexibility index (Phi) is 3.74. The molecule has 2 fully saturated rings. The van der Waals surface area contributed by atoms with E-state index < -0.39 is 0 Å². The molecule has 2 aliphatic rings. The van der Waals surface area contributed by atoms with Gasteiger partial charge in [-0.3, -0.25) is 4.79 Å². The van der Waals surface area contributed by atoms with Gasteiger partial charge in [0, 0.05) is 17.3 Å². The van der Waals surface area contributed by atoms with E-state index >= 15 is 0 Å². The van der Waals surface area contributed by atoms with Crippen molar-refractivity contribution in [3.05, 3.63) is 28.8 Å². The van der Waals surface area contributed by atoms with Gasteiger partial charge in [-0.25, -0.2) is 0 Å². The van der Waals surface area contributed by atoms with Crippen molar-refractivity contribution in [1.82, 2.24) is 5.32 Å². The molecule has 1 heterocycles. The molecule has 0 unspecified atom stereocenters. The van der Waals surface area contributed by atoms with Crippen LogP contribution in [-0.4, -0.2) is 19.0 Å². The first-order chi connectivity index (χ1) is 9.62. The first-order valence-electron chi connectivity index (χ1n) is 7.40. The molecule has 1 saturated heterocycles. The Morgan fingerprint density at radius 2 is 2.30 bits per heavy atom. The molecule has 1 aromatic rings. The molecule has 1 aliphatic carbocycles. The Bertz CT molecular complexity index is 531. The summed E-state index contributed by atoms with van der Waals surface area (Å²) in [6, 6.07) is 5.64. The number of anilines is 1. The van der Waals surface area contributed by atoms with Gasteiger partial charge in [0.25, 0.3) is 0 Å². The summed E-state index contributed by atoms with van der Waals surface area (Å²) < 4.78 is 0. The van der Waals surface area contributed by atoms with Crippen molar-refractivity contribution in [3.63, 3.8) is 0 Å². The third-order valence-electron chi connectivity index (χ3n) is 4.94. The minimum Gasteiger partial charge on any atom is -0.325 e. The molecule has 1 aliphatic heterocycles. The molecule has 1 aromatic carbocycles. The van der Waals surface area contributed by atoms with Crippen LogP contribution >= 0.6 is 11.6 Å². The summed E-state index contributed by atoms with van der Waals surface area (Å²) in [4.78, 5) is 12.8. The smallest absolute Gasteiger partial charge is 0.232 e. The normalized spacial score (nSPS) is 29.0. The molecule has 0 bridgehead atoms. The summed E-state index contributed by atoms with van der Waals surface area (Å²) in [6.45, 7) is 3.78. The molecular formula is C16H21ClN2O. The van der Waals surface area contributed by atoms with E-state index in [0.29, 0.717) is 10.9 Å². The molecule has 0 radical (unpaired) electrons. The molecule has 4 heteroatoms. The Morgan fingerprint density at radius 3 is 3.15 bits per heavy atom. The van der Waals surface area contributed by atoms with Crippen molar-refractivity contribution in [2.75, 3.05) is 18.4 Å². The zero-order valence-electron chi connectivity index (χ0n) is 11.8. The second kappa shape index (κ2) is 5.38. The fraction of sp³-hybridized carbons (Fsp3) is 0.562. The van der Waals surface area contributed by atoms with Gasteiger partial charge in [0.1, 0.15) is 0 Å². The standard InChI is InChI=1S/C16H21ClN2O/c1-11-5-6-13(17)8-14(11)19-15(20)16-7-3-2-4-12(16)9-18-10-16/h5-6,8,12,18H,2-4,7,9-10H2,1H3,(H,19,20)/t12-,16+/m0/s1. The van der Waals surface area contributed by atoms with Crippen LogP contribution in [0.5, 0.6) is 0 Å². The number of carbonyl (C=O) groups excluding carboxylic acids is 1. The number of halogens is 1. The van der Waals surface area contributed by atoms with Crippen LogP contribution in [0.3, 0.4) is 0 Å². The van der Waals surface area contributed by atoms with E-state index in [0.717, 1.165) is 43.6 Å². The van der Waals surface area contributed by atoms with Gasteiger partial charge in [0.15, 0.2) is 0 Å². The molecular weight excluding hydrogens is 272 g/mol. The minimum absolute atomic E-state index is 0.164. The van der Waals surface area contributed by atoms with Crippen LogP contribution in [0.1, 0.15) is 31.2 Å². The highest BCUT2D eigenvalue weighted by molar-refractivity contribution is 6.31. The van der Waals surface area contributed by atoms with Crippen LogP contribution in [0, 0.1) is 18.3 Å². The summed E-state index contributed by atoms with van der Waals surface area (Å²) in [5, 5.41) is 7.19. The van der Waals surface area contributed by atoms with Gasteiger partial charge < -0.3 is 10.6 Å². The summed E-state index contributed by atoms with van der Waals surface area (Å²) in [7, 11) is 0. The monoisotopic (exact) mass is 292 g/mol. The van der Waals surface area contributed by atoms with Gasteiger partial charge in [-0.15, -0.1) is 0 Å². The number of aryl methyl sites for hydroxylation is 1. The molecule has 3 rings (SSSR count). The highest BCUT2D eigenvalue weighted by atomic mass is 35.5. The van der Waals surface area contributed by atoms with Crippen molar-refractivity contribution in [3.8, 4) is 0 Å². The summed E-state index contributed by atoms with van der Waals surface area (Å²) >= 11 is 6.03. The van der Waals surface area contributed by atoms with Crippen LogP contribution in [0.4, 0.5) is 5.69 Å². The van der Waals surface area contributed by atoms with Crippen LogP contribution in [-0.2, 0) is 4.79 Å². The highest BCUT2D eigenvalue weighted by Gasteiger charge is 2.49. The number of amides is 1. The van der Waals surface area contributed by atoms with Crippen LogP contribution < -0.4 is 10.6 Å². The largest absolute Gasteiger partial charge is 0.325 e. The van der Waals surface area contributed by atoms with Crippen molar-refractivity contribution < 1.29 is 4.79 Å². The highest BCUT2D eigenvalue weighted by Crippen LogP contribution is 2.44. The fourth-order valence-corrected chi connectivity index (χ4v) is 3.84. The van der Waals surface area contributed by atoms with E-state index in [9.17, 15) is 4.79 Å². The predicted octanol–water partition coefficient (Wildman–Crippen LogP) is 3.37. The second-order valence-corrected chi connectivity index (χ2v) is 6.58. The lowest BCUT2D eigenvalue weighted by molar-refractivity contribution is -0.128. The summed E-state index contributed by atoms with van der Waals surface area (Å²) in [6.07, 6.45) is 4.56. The average molecular weight is 293 g/mol. The number of hydrogen-bond acceptors (Lipinski definition) is 2. The third kappa shape index (κ3) is 2.33. The first-order valence-corrected chi connectivity index (χ1v) is 7.78. The maximum Gasteiger partial charge on any atom is 0.232 e. The number of hydrogen-bond donors (Lipinski definition) is 2. The molecule has 108 valence electrons. The molecule has 2 N–H and O–H groups in total. The van der Waals surface area contributed by atoms with E-state index in [2.05, 4.69) is 10.6 Å². The number of rotatable bonds is 2. The van der Waals surface area contributed by atoms with Gasteiger partial charge in [-0.2, -0.15) is 0 Å². The van der Waals surface area contributed by atoms with Gasteiger partial charge >= 0.3 is 0 Å². The third-order valence-corrected chi connectivity index (χ3v) is 5.17. The van der Waals surface area contributed by atoms with E-state index in [1.807, 2.05) is 25.1 Å². The van der Waals surface area contributed by atoms with E-state index in [4.69, 9.17) is 11.6 Å². The topological polar surface area (TPSA) is 41.1 Å². The maximum absolute atomic E-state index is 12.8. The Morgan fingerprint density at radius 1 is 1.45 bits per heavy atom. The molecule has 2 atom stereocenters. The molecule has 20 heavy (non-hydrogen) atoms. The SMILES string of the molecule is Cc1ccc(Cl)cc1NC(=O)[C@@]12CCCC[C@H]1CNC2. The average Bonchev–Trinajstić information content (AvgIpc) is 2.88. The number of carbonyl (C=O) groups is 1. The summed E-state index contributed by atoms with van der Waals surface area (Å²) in [5.41, 5.74) is 1.68. The zero-order chi connectivity index (χ0) is 14.2. The molecule has 0 spiro atoms. The van der Waals surface area contributed by atoms with Crippen molar-refractivity contribution in [2.24, 2.45) is 11.3 Å². The lowest BCUT2D eigenvalue weighted by Gasteiger charge is -2.37. The Balaban J connectivity index is 1.83. The van der Waals surface area contributed by atoms with Gasteiger partial charge in [-0.05, 0) is 49.9 Å². The second-order valence-electron chi connectivity index (χ2n) is 6.14. The number of fused-ring (bicyclic) bond motifs is 1. The number of benzene rings is 1. The van der Waals surface area contributed by atoms with Crippen LogP contribution in [0.25, 0.3) is 0 Å². The Labute approximate surface area is 125 Å². The van der Waals surface area contributed by atoms with Gasteiger partial charge in [0.2, 0.25) is 5.91 Å². The van der Waals surface area contributed by atoms with Crippen LogP contribution in [0.15, 0.2) is 18.2 Å². The predicted molar refractivity (Wildman–Crippen MR) is 82.1 cm³/mol. The minimum atomic E-state index is -0.215. The van der Waals surface area contributed by atoms with E-state index in [1.165, 1.54) is 6.42 Å². The summed E-state index contributed by atoms with van der Waals surface area (Å²) in [5.74, 6) is 0.647. The Hall–Kier alpha value is -1.06. The fourth-order valence-electron chi connectivity index (χ4n) is 3.67. The van der Waals surface area contributed by atoms with E-state index in [1.54, 1.807) is 0 Å². The lowest BCUT2D eigenvalue weighted by Crippen LogP contribution is -2.44. The van der Waals surface area contributed by atoms with Crippen molar-refractivity contribution in [1.29, 1.82) is 0 Å². The van der Waals surface area contributed by atoms with E-state index in [-0.39, 0.29) is 11.3 Å². The van der Waals surface area contributed by atoms with Crippen molar-refractivity contribution >= 4 is 23.2 Å². The molecule has 0 aromatic heterocycles. The number of nitrogens with one attached hydrogen (secondary N) is 2.